The summed E-state index contributed by atoms with van der Waals surface area (Å²) in [5.41, 5.74) is 6.01. The zero-order chi connectivity index (χ0) is 11.5. The molecule has 5 nitrogen and oxygen atoms in total. The fourth-order valence-corrected chi connectivity index (χ4v) is 1.69. The first-order valence-corrected chi connectivity index (χ1v) is 5.12. The number of phenols is 1. The highest BCUT2D eigenvalue weighted by molar-refractivity contribution is 5.96. The number of anilines is 1. The molecule has 1 saturated heterocycles. The molecule has 1 atom stereocenters. The molecule has 1 aliphatic rings. The molecule has 16 heavy (non-hydrogen) atoms. The first kappa shape index (κ1) is 10.9. The van der Waals surface area contributed by atoms with E-state index in [2.05, 4.69) is 0 Å². The maximum atomic E-state index is 11.7. The molecular formula is C11H14N2O3. The van der Waals surface area contributed by atoms with Crippen molar-refractivity contribution in [3.8, 4) is 5.75 Å². The van der Waals surface area contributed by atoms with Gasteiger partial charge in [0.2, 0.25) is 0 Å². The summed E-state index contributed by atoms with van der Waals surface area (Å²) in [6.07, 6.45) is -0.169. The molecule has 0 spiro atoms. The molecule has 0 aromatic heterocycles. The minimum absolute atomic E-state index is 0.0101. The van der Waals surface area contributed by atoms with Crippen LogP contribution in [0.4, 0.5) is 5.69 Å². The number of ether oxygens (including phenoxy) is 1. The smallest absolute Gasteiger partial charge is 0.253 e. The van der Waals surface area contributed by atoms with Crippen LogP contribution < -0.4 is 10.6 Å². The topological polar surface area (TPSA) is 75.8 Å². The lowest BCUT2D eigenvalue weighted by atomic mass is 10.2. The van der Waals surface area contributed by atoms with Gasteiger partial charge in [0, 0.05) is 6.54 Å². The van der Waals surface area contributed by atoms with Crippen molar-refractivity contribution in [3.63, 3.8) is 0 Å². The van der Waals surface area contributed by atoms with Crippen LogP contribution in [0.1, 0.15) is 0 Å². The second-order valence-corrected chi connectivity index (χ2v) is 3.66. The number of aromatic hydroxyl groups is 1. The molecule has 0 bridgehead atoms. The lowest BCUT2D eigenvalue weighted by Gasteiger charge is -2.32. The Bertz CT molecular complexity index is 395. The second-order valence-electron chi connectivity index (χ2n) is 3.66. The lowest BCUT2D eigenvalue weighted by Crippen LogP contribution is -2.49. The van der Waals surface area contributed by atoms with Gasteiger partial charge in [0.05, 0.1) is 18.3 Å². The summed E-state index contributed by atoms with van der Waals surface area (Å²) in [7, 11) is 0. The number of amides is 1. The Morgan fingerprint density at radius 2 is 2.25 bits per heavy atom. The third-order valence-corrected chi connectivity index (χ3v) is 2.57. The number of hydrogen-bond donors (Lipinski definition) is 2. The van der Waals surface area contributed by atoms with E-state index in [0.717, 1.165) is 0 Å². The summed E-state index contributed by atoms with van der Waals surface area (Å²) in [5, 5.41) is 9.67. The van der Waals surface area contributed by atoms with Crippen molar-refractivity contribution in [2.45, 2.75) is 6.10 Å². The Hall–Kier alpha value is -1.59. The Labute approximate surface area is 93.4 Å². The summed E-state index contributed by atoms with van der Waals surface area (Å²) in [6, 6.07) is 6.74. The molecule has 0 radical (unpaired) electrons. The highest BCUT2D eigenvalue weighted by Crippen LogP contribution is 2.28. The van der Waals surface area contributed by atoms with Crippen LogP contribution in [0.25, 0.3) is 0 Å². The average molecular weight is 222 g/mol. The summed E-state index contributed by atoms with van der Waals surface area (Å²) in [6.45, 7) is 0.750. The summed E-state index contributed by atoms with van der Waals surface area (Å²) < 4.78 is 5.23. The van der Waals surface area contributed by atoms with Crippen LogP contribution in [0.15, 0.2) is 24.3 Å². The van der Waals surface area contributed by atoms with Gasteiger partial charge in [-0.25, -0.2) is 0 Å². The van der Waals surface area contributed by atoms with E-state index in [1.807, 2.05) is 0 Å². The van der Waals surface area contributed by atoms with Crippen molar-refractivity contribution < 1.29 is 14.6 Å². The van der Waals surface area contributed by atoms with Gasteiger partial charge in [-0.2, -0.15) is 0 Å². The summed E-state index contributed by atoms with van der Waals surface area (Å²) >= 11 is 0. The average Bonchev–Trinajstić information content (AvgIpc) is 2.31. The molecule has 1 amide bonds. The van der Waals surface area contributed by atoms with Crippen molar-refractivity contribution in [1.29, 1.82) is 0 Å². The van der Waals surface area contributed by atoms with Gasteiger partial charge in [0.15, 0.2) is 0 Å². The fourth-order valence-electron chi connectivity index (χ4n) is 1.69. The van der Waals surface area contributed by atoms with Gasteiger partial charge >= 0.3 is 0 Å². The number of hydrogen-bond acceptors (Lipinski definition) is 4. The standard InChI is InChI=1S/C11H14N2O3/c12-5-8-6-13(11(15)7-16-8)9-3-1-2-4-10(9)14/h1-4,8,14H,5-7,12H2. The van der Waals surface area contributed by atoms with Crippen molar-refractivity contribution in [3.05, 3.63) is 24.3 Å². The fraction of sp³-hybridized carbons (Fsp3) is 0.364. The number of benzene rings is 1. The maximum absolute atomic E-state index is 11.7. The van der Waals surface area contributed by atoms with Crippen LogP contribution in [0.2, 0.25) is 0 Å². The van der Waals surface area contributed by atoms with E-state index in [9.17, 15) is 9.90 Å². The molecule has 86 valence electrons. The molecule has 1 fully saturated rings. The number of nitrogens with zero attached hydrogens (tertiary/aromatic N) is 1. The van der Waals surface area contributed by atoms with E-state index >= 15 is 0 Å². The minimum atomic E-state index is -0.169. The van der Waals surface area contributed by atoms with Gasteiger partial charge in [-0.3, -0.25) is 4.79 Å². The first-order chi connectivity index (χ1) is 7.72. The minimum Gasteiger partial charge on any atom is -0.506 e. The van der Waals surface area contributed by atoms with Crippen molar-refractivity contribution >= 4 is 11.6 Å². The zero-order valence-corrected chi connectivity index (χ0v) is 8.80. The molecule has 1 unspecified atom stereocenters. The van der Waals surface area contributed by atoms with E-state index < -0.39 is 0 Å². The van der Waals surface area contributed by atoms with Gasteiger partial charge in [-0.1, -0.05) is 12.1 Å². The predicted octanol–water partition coefficient (Wildman–Crippen LogP) is 0.0827. The molecule has 1 aromatic carbocycles. The number of morpholine rings is 1. The third-order valence-electron chi connectivity index (χ3n) is 2.57. The van der Waals surface area contributed by atoms with Gasteiger partial charge < -0.3 is 20.5 Å². The number of rotatable bonds is 2. The van der Waals surface area contributed by atoms with Gasteiger partial charge in [-0.15, -0.1) is 0 Å². The number of nitrogens with two attached hydrogens (primary N) is 1. The largest absolute Gasteiger partial charge is 0.506 e. The van der Waals surface area contributed by atoms with Crippen molar-refractivity contribution in [2.75, 3.05) is 24.6 Å². The van der Waals surface area contributed by atoms with Gasteiger partial charge in [0.25, 0.3) is 5.91 Å². The second kappa shape index (κ2) is 4.51. The zero-order valence-electron chi connectivity index (χ0n) is 8.80. The van der Waals surface area contributed by atoms with E-state index in [-0.39, 0.29) is 24.4 Å². The monoisotopic (exact) mass is 222 g/mol. The number of phenolic OH excluding ortho intramolecular Hbond substituents is 1. The summed E-state index contributed by atoms with van der Waals surface area (Å²) in [4.78, 5) is 13.2. The number of carbonyl (C=O) groups is 1. The Kier molecular flexibility index (Phi) is 3.07. The molecule has 1 heterocycles. The Morgan fingerprint density at radius 1 is 1.50 bits per heavy atom. The molecule has 2 rings (SSSR count). The first-order valence-electron chi connectivity index (χ1n) is 5.12. The molecule has 1 aromatic rings. The van der Waals surface area contributed by atoms with Crippen LogP contribution >= 0.6 is 0 Å². The highest BCUT2D eigenvalue weighted by atomic mass is 16.5. The summed E-state index contributed by atoms with van der Waals surface area (Å²) in [5.74, 6) is -0.0697. The van der Waals surface area contributed by atoms with E-state index in [0.29, 0.717) is 18.8 Å². The number of carbonyl (C=O) groups excluding carboxylic acids is 1. The molecule has 1 aliphatic heterocycles. The van der Waals surface area contributed by atoms with Crippen LogP contribution in [0.3, 0.4) is 0 Å². The number of para-hydroxylation sites is 2. The van der Waals surface area contributed by atoms with Crippen molar-refractivity contribution in [2.24, 2.45) is 5.73 Å². The van der Waals surface area contributed by atoms with E-state index in [1.165, 1.54) is 4.90 Å². The van der Waals surface area contributed by atoms with Gasteiger partial charge in [-0.05, 0) is 12.1 Å². The third kappa shape index (κ3) is 2.00. The maximum Gasteiger partial charge on any atom is 0.253 e. The molecule has 0 aliphatic carbocycles. The van der Waals surface area contributed by atoms with Crippen LogP contribution in [-0.2, 0) is 9.53 Å². The normalized spacial score (nSPS) is 21.2. The quantitative estimate of drug-likeness (QED) is 0.743. The molecule has 5 heteroatoms. The lowest BCUT2D eigenvalue weighted by molar-refractivity contribution is -0.129. The van der Waals surface area contributed by atoms with E-state index in [4.69, 9.17) is 10.5 Å². The van der Waals surface area contributed by atoms with Crippen LogP contribution in [0.5, 0.6) is 5.75 Å². The predicted molar refractivity (Wildman–Crippen MR) is 59.3 cm³/mol. The molecule has 0 saturated carbocycles. The highest BCUT2D eigenvalue weighted by Gasteiger charge is 2.27. The molecule has 3 N–H and O–H groups in total. The van der Waals surface area contributed by atoms with Gasteiger partial charge in [0.1, 0.15) is 12.4 Å². The SMILES string of the molecule is NCC1CN(c2ccccc2O)C(=O)CO1. The van der Waals surface area contributed by atoms with Crippen molar-refractivity contribution in [1.82, 2.24) is 0 Å². The van der Waals surface area contributed by atoms with Crippen LogP contribution in [-0.4, -0.2) is 36.8 Å². The Morgan fingerprint density at radius 3 is 2.94 bits per heavy atom. The molecular weight excluding hydrogens is 208 g/mol. The van der Waals surface area contributed by atoms with Crippen LogP contribution in [0, 0.1) is 0 Å². The Balaban J connectivity index is 2.25. The van der Waals surface area contributed by atoms with E-state index in [1.54, 1.807) is 24.3 Å².